The summed E-state index contributed by atoms with van der Waals surface area (Å²) < 4.78 is 11.6. The Morgan fingerprint density at radius 1 is 1.00 bits per heavy atom. The summed E-state index contributed by atoms with van der Waals surface area (Å²) in [5.41, 5.74) is 2.90. The Morgan fingerprint density at radius 2 is 1.71 bits per heavy atom. The van der Waals surface area contributed by atoms with Gasteiger partial charge in [-0.3, -0.25) is 9.69 Å². The third-order valence-corrected chi connectivity index (χ3v) is 5.95. The average Bonchev–Trinajstić information content (AvgIpc) is 2.88. The van der Waals surface area contributed by atoms with E-state index in [-0.39, 0.29) is 5.91 Å². The van der Waals surface area contributed by atoms with E-state index in [9.17, 15) is 9.35 Å². The van der Waals surface area contributed by atoms with Gasteiger partial charge in [0.25, 0.3) is 0 Å². The van der Waals surface area contributed by atoms with Gasteiger partial charge in [-0.1, -0.05) is 12.1 Å². The number of benzene rings is 1. The van der Waals surface area contributed by atoms with Crippen molar-refractivity contribution in [1.29, 1.82) is 0 Å². The Bertz CT molecular complexity index is 1050. The van der Waals surface area contributed by atoms with Crippen molar-refractivity contribution < 1.29 is 9.35 Å². The van der Waals surface area contributed by atoms with Crippen LogP contribution in [0.4, 0.5) is 11.5 Å². The predicted molar refractivity (Wildman–Crippen MR) is 109 cm³/mol. The minimum absolute atomic E-state index is 0.0438. The lowest BCUT2D eigenvalue weighted by atomic mass is 9.85. The highest BCUT2D eigenvalue weighted by atomic mass is 32.2. The van der Waals surface area contributed by atoms with Crippen LogP contribution in [0.3, 0.4) is 0 Å². The van der Waals surface area contributed by atoms with Gasteiger partial charge < -0.3 is 4.55 Å². The molecule has 0 bridgehead atoms. The standard InChI is InChI=1S/C21H20N4O2S/c1-13-22-10-15(11-23-13)14-5-7-17-18(9-14)25(20(26)21(17,2)3)19-8-6-16(12-24-19)28(4)27/h5-12H,1-4H3. The Morgan fingerprint density at radius 3 is 2.32 bits per heavy atom. The van der Waals surface area contributed by atoms with Crippen LogP contribution in [-0.4, -0.2) is 31.7 Å². The highest BCUT2D eigenvalue weighted by molar-refractivity contribution is 7.90. The van der Waals surface area contributed by atoms with Crippen molar-refractivity contribution in [1.82, 2.24) is 15.0 Å². The SMILES string of the molecule is Cc1ncc(-c2ccc3c(c2)N(c2ccc([S+](C)[O-])cn2)C(=O)C3(C)C)cn1. The number of fused-ring (bicyclic) bond motifs is 1. The molecule has 28 heavy (non-hydrogen) atoms. The number of carbonyl (C=O) groups excluding carboxylic acids is 1. The number of hydrogen-bond acceptors (Lipinski definition) is 5. The lowest BCUT2D eigenvalue weighted by Gasteiger charge is -2.19. The van der Waals surface area contributed by atoms with Gasteiger partial charge in [0.1, 0.15) is 17.9 Å². The molecule has 0 radical (unpaired) electrons. The third kappa shape index (κ3) is 2.96. The van der Waals surface area contributed by atoms with Crippen molar-refractivity contribution in [3.8, 4) is 11.1 Å². The maximum Gasteiger partial charge on any atom is 0.242 e. The van der Waals surface area contributed by atoms with E-state index in [4.69, 9.17) is 0 Å². The Kier molecular flexibility index (Phi) is 4.44. The van der Waals surface area contributed by atoms with Crippen molar-refractivity contribution in [3.05, 3.63) is 60.3 Å². The number of nitrogens with zero attached hydrogens (tertiary/aromatic N) is 4. The summed E-state index contributed by atoms with van der Waals surface area (Å²) in [7, 11) is 0. The van der Waals surface area contributed by atoms with Crippen LogP contribution in [0.25, 0.3) is 11.1 Å². The van der Waals surface area contributed by atoms with Crippen LogP contribution in [0, 0.1) is 6.92 Å². The van der Waals surface area contributed by atoms with Gasteiger partial charge in [0, 0.05) is 18.0 Å². The van der Waals surface area contributed by atoms with E-state index in [2.05, 4.69) is 15.0 Å². The highest BCUT2D eigenvalue weighted by Crippen LogP contribution is 2.46. The maximum atomic E-state index is 13.2. The van der Waals surface area contributed by atoms with Gasteiger partial charge in [0.05, 0.1) is 17.3 Å². The van der Waals surface area contributed by atoms with Crippen LogP contribution in [0.15, 0.2) is 53.8 Å². The summed E-state index contributed by atoms with van der Waals surface area (Å²) in [5, 5.41) is 0. The molecule has 3 heterocycles. The van der Waals surface area contributed by atoms with Crippen LogP contribution < -0.4 is 4.90 Å². The molecule has 4 rings (SSSR count). The monoisotopic (exact) mass is 392 g/mol. The highest BCUT2D eigenvalue weighted by Gasteiger charge is 2.45. The molecule has 6 nitrogen and oxygen atoms in total. The molecule has 0 aliphatic carbocycles. The van der Waals surface area contributed by atoms with E-state index in [1.165, 1.54) is 0 Å². The van der Waals surface area contributed by atoms with E-state index < -0.39 is 16.6 Å². The van der Waals surface area contributed by atoms with Crippen molar-refractivity contribution in [2.45, 2.75) is 31.1 Å². The number of carbonyl (C=O) groups is 1. The normalized spacial score (nSPS) is 16.2. The van der Waals surface area contributed by atoms with Gasteiger partial charge in [-0.15, -0.1) is 0 Å². The van der Waals surface area contributed by atoms with E-state index in [0.29, 0.717) is 16.5 Å². The molecule has 7 heteroatoms. The lowest BCUT2D eigenvalue weighted by Crippen LogP contribution is -2.33. The molecule has 0 saturated carbocycles. The second-order valence-corrected chi connectivity index (χ2v) is 8.70. The van der Waals surface area contributed by atoms with Gasteiger partial charge in [0.2, 0.25) is 5.91 Å². The number of pyridine rings is 1. The van der Waals surface area contributed by atoms with Gasteiger partial charge in [-0.25, -0.2) is 15.0 Å². The molecule has 0 saturated heterocycles. The number of amides is 1. The summed E-state index contributed by atoms with van der Waals surface area (Å²) in [4.78, 5) is 28.4. The quantitative estimate of drug-likeness (QED) is 0.637. The molecule has 2 aromatic heterocycles. The minimum atomic E-state index is -1.12. The first-order chi connectivity index (χ1) is 13.3. The fourth-order valence-corrected chi connectivity index (χ4v) is 3.83. The third-order valence-electron chi connectivity index (χ3n) is 5.05. The molecule has 1 atom stereocenters. The van der Waals surface area contributed by atoms with E-state index in [0.717, 1.165) is 22.4 Å². The Hall–Kier alpha value is -2.77. The summed E-state index contributed by atoms with van der Waals surface area (Å²) >= 11 is -1.12. The average molecular weight is 392 g/mol. The molecule has 0 N–H and O–H groups in total. The summed E-state index contributed by atoms with van der Waals surface area (Å²) in [6, 6.07) is 9.43. The summed E-state index contributed by atoms with van der Waals surface area (Å²) in [6.07, 6.45) is 6.72. The number of rotatable bonds is 3. The predicted octanol–water partition coefficient (Wildman–Crippen LogP) is 3.54. The molecule has 0 fully saturated rings. The molecule has 142 valence electrons. The molecule has 1 unspecified atom stereocenters. The fraction of sp³-hybridized carbons (Fsp3) is 0.238. The zero-order valence-corrected chi connectivity index (χ0v) is 16.9. The topological polar surface area (TPSA) is 82.0 Å². The van der Waals surface area contributed by atoms with Crippen LogP contribution in [0.2, 0.25) is 0 Å². The molecule has 3 aromatic rings. The lowest BCUT2D eigenvalue weighted by molar-refractivity contribution is -0.121. The van der Waals surface area contributed by atoms with Gasteiger partial charge in [-0.2, -0.15) is 0 Å². The first kappa shape index (κ1) is 18.6. The van der Waals surface area contributed by atoms with Gasteiger partial charge >= 0.3 is 0 Å². The van der Waals surface area contributed by atoms with Crippen LogP contribution in [0.5, 0.6) is 0 Å². The Labute approximate surface area is 166 Å². The van der Waals surface area contributed by atoms with Crippen molar-refractivity contribution in [2.24, 2.45) is 0 Å². The number of hydrogen-bond donors (Lipinski definition) is 0. The summed E-state index contributed by atoms with van der Waals surface area (Å²) in [5.74, 6) is 1.18. The fourth-order valence-electron chi connectivity index (χ4n) is 3.37. The Balaban J connectivity index is 1.83. The van der Waals surface area contributed by atoms with Crippen molar-refractivity contribution in [2.75, 3.05) is 11.2 Å². The van der Waals surface area contributed by atoms with Gasteiger partial charge in [0.15, 0.2) is 4.90 Å². The first-order valence-electron chi connectivity index (χ1n) is 8.86. The molecule has 1 amide bonds. The zero-order valence-electron chi connectivity index (χ0n) is 16.1. The van der Waals surface area contributed by atoms with Crippen molar-refractivity contribution >= 4 is 28.6 Å². The molecule has 1 aromatic carbocycles. The largest absolute Gasteiger partial charge is 0.612 e. The minimum Gasteiger partial charge on any atom is -0.612 e. The summed E-state index contributed by atoms with van der Waals surface area (Å²) in [6.45, 7) is 5.67. The van der Waals surface area contributed by atoms with Crippen molar-refractivity contribution in [3.63, 3.8) is 0 Å². The number of anilines is 2. The second-order valence-electron chi connectivity index (χ2n) is 7.32. The van der Waals surface area contributed by atoms with Crippen LogP contribution in [-0.2, 0) is 21.4 Å². The van der Waals surface area contributed by atoms with E-state index >= 15 is 0 Å². The molecule has 1 aliphatic heterocycles. The zero-order chi connectivity index (χ0) is 20.1. The number of aromatic nitrogens is 3. The molecular formula is C21H20N4O2S. The molecular weight excluding hydrogens is 372 g/mol. The molecule has 1 aliphatic rings. The van der Waals surface area contributed by atoms with Crippen LogP contribution in [0.1, 0.15) is 25.2 Å². The number of aryl methyl sites for hydroxylation is 1. The first-order valence-corrected chi connectivity index (χ1v) is 10.4. The smallest absolute Gasteiger partial charge is 0.242 e. The second kappa shape index (κ2) is 6.68. The molecule has 0 spiro atoms. The van der Waals surface area contributed by atoms with E-state index in [1.807, 2.05) is 39.0 Å². The van der Waals surface area contributed by atoms with E-state index in [1.54, 1.807) is 41.9 Å². The van der Waals surface area contributed by atoms with Crippen LogP contribution >= 0.6 is 0 Å². The van der Waals surface area contributed by atoms with Gasteiger partial charge in [-0.05, 0) is 61.3 Å². The maximum absolute atomic E-state index is 13.2.